The fraction of sp³-hybridized carbons (Fsp3) is 0.444. The van der Waals surface area contributed by atoms with Crippen molar-refractivity contribution in [1.29, 1.82) is 0 Å². The molecule has 1 heterocycles. The summed E-state index contributed by atoms with van der Waals surface area (Å²) in [5, 5.41) is 8.89. The van der Waals surface area contributed by atoms with Gasteiger partial charge in [-0.05, 0) is 43.8 Å². The van der Waals surface area contributed by atoms with E-state index in [4.69, 9.17) is 5.11 Å². The molecule has 0 aromatic carbocycles. The smallest absolute Gasteiger partial charge is 0.264 e. The fourth-order valence-corrected chi connectivity index (χ4v) is 2.35. The van der Waals surface area contributed by atoms with Crippen LogP contribution in [0.4, 0.5) is 0 Å². The van der Waals surface area contributed by atoms with Crippen molar-refractivity contribution < 1.29 is 5.11 Å². The molecule has 1 aromatic heterocycles. The monoisotopic (exact) mass is 323 g/mol. The van der Waals surface area contributed by atoms with Crippen LogP contribution in [0.15, 0.2) is 26.0 Å². The van der Waals surface area contributed by atoms with E-state index in [2.05, 4.69) is 31.9 Å². The molecule has 0 bridgehead atoms. The molecule has 14 heavy (non-hydrogen) atoms. The number of pyridine rings is 1. The van der Waals surface area contributed by atoms with E-state index in [0.29, 0.717) is 11.0 Å². The maximum absolute atomic E-state index is 11.6. The van der Waals surface area contributed by atoms with Crippen LogP contribution in [-0.2, 0) is 6.54 Å². The Balaban J connectivity index is 3.02. The van der Waals surface area contributed by atoms with E-state index in [1.807, 2.05) is 6.92 Å². The first-order chi connectivity index (χ1) is 6.54. The van der Waals surface area contributed by atoms with Crippen LogP contribution >= 0.6 is 31.9 Å². The molecule has 0 amide bonds. The maximum Gasteiger partial charge on any atom is 0.264 e. The summed E-state index contributed by atoms with van der Waals surface area (Å²) in [5.74, 6) is 0.0777. The highest BCUT2D eigenvalue weighted by atomic mass is 79.9. The van der Waals surface area contributed by atoms with Crippen molar-refractivity contribution in [3.8, 4) is 0 Å². The van der Waals surface area contributed by atoms with E-state index in [1.54, 1.807) is 16.8 Å². The van der Waals surface area contributed by atoms with Gasteiger partial charge in [0.1, 0.15) is 0 Å². The summed E-state index contributed by atoms with van der Waals surface area (Å²) in [6.45, 7) is 2.49. The minimum absolute atomic E-state index is 0.0755. The Morgan fingerprint density at radius 2 is 2.21 bits per heavy atom. The molecule has 3 nitrogen and oxygen atoms in total. The Morgan fingerprint density at radius 1 is 1.57 bits per heavy atom. The van der Waals surface area contributed by atoms with Crippen molar-refractivity contribution in [2.75, 3.05) is 6.61 Å². The van der Waals surface area contributed by atoms with Crippen molar-refractivity contribution in [2.45, 2.75) is 13.5 Å². The summed E-state index contributed by atoms with van der Waals surface area (Å²) in [6, 6.07) is 1.71. The van der Waals surface area contributed by atoms with Crippen LogP contribution in [0.1, 0.15) is 6.92 Å². The second kappa shape index (κ2) is 5.09. The van der Waals surface area contributed by atoms with E-state index in [9.17, 15) is 4.79 Å². The first-order valence-electron chi connectivity index (χ1n) is 4.21. The second-order valence-electron chi connectivity index (χ2n) is 3.25. The topological polar surface area (TPSA) is 42.2 Å². The Hall–Kier alpha value is -0.130. The lowest BCUT2D eigenvalue weighted by atomic mass is 10.2. The third-order valence-electron chi connectivity index (χ3n) is 1.83. The summed E-state index contributed by atoms with van der Waals surface area (Å²) < 4.78 is 2.95. The molecule has 78 valence electrons. The molecule has 0 saturated heterocycles. The maximum atomic E-state index is 11.6. The van der Waals surface area contributed by atoms with E-state index in [1.165, 1.54) is 0 Å². The first-order valence-corrected chi connectivity index (χ1v) is 5.79. The van der Waals surface area contributed by atoms with Gasteiger partial charge in [-0.25, -0.2) is 0 Å². The summed E-state index contributed by atoms with van der Waals surface area (Å²) >= 11 is 6.49. The number of hydrogen-bond donors (Lipinski definition) is 1. The molecule has 0 aliphatic heterocycles. The molecule has 0 aliphatic carbocycles. The van der Waals surface area contributed by atoms with Crippen molar-refractivity contribution in [1.82, 2.24) is 4.57 Å². The molecule has 1 N–H and O–H groups in total. The van der Waals surface area contributed by atoms with E-state index < -0.39 is 0 Å². The first kappa shape index (κ1) is 11.9. The summed E-state index contributed by atoms with van der Waals surface area (Å²) in [4.78, 5) is 11.6. The third-order valence-corrected chi connectivity index (χ3v) is 2.83. The molecule has 0 saturated carbocycles. The van der Waals surface area contributed by atoms with Gasteiger partial charge in [0.25, 0.3) is 5.56 Å². The van der Waals surface area contributed by atoms with Crippen molar-refractivity contribution >= 4 is 31.9 Å². The van der Waals surface area contributed by atoms with Gasteiger partial charge in [-0.3, -0.25) is 4.79 Å². The average Bonchev–Trinajstić information content (AvgIpc) is 2.13. The second-order valence-corrected chi connectivity index (χ2v) is 5.02. The number of rotatable bonds is 3. The molecular formula is C9H11Br2NO2. The van der Waals surface area contributed by atoms with E-state index in [0.717, 1.165) is 4.47 Å². The molecule has 1 aromatic rings. The Morgan fingerprint density at radius 3 is 2.79 bits per heavy atom. The number of hydrogen-bond acceptors (Lipinski definition) is 2. The minimum Gasteiger partial charge on any atom is -0.396 e. The highest BCUT2D eigenvalue weighted by Crippen LogP contribution is 2.13. The Labute approximate surface area is 99.0 Å². The molecule has 1 unspecified atom stereocenters. The molecule has 0 radical (unpaired) electrons. The van der Waals surface area contributed by atoms with Crippen LogP contribution in [0.25, 0.3) is 0 Å². The standard InChI is InChI=1S/C9H11Br2NO2/c1-6(5-13)3-12-4-7(10)2-8(11)9(12)14/h2,4,6,13H,3,5H2,1H3. The van der Waals surface area contributed by atoms with E-state index >= 15 is 0 Å². The zero-order valence-electron chi connectivity index (χ0n) is 7.70. The molecule has 0 aliphatic rings. The van der Waals surface area contributed by atoms with Crippen molar-refractivity contribution in [2.24, 2.45) is 5.92 Å². The highest BCUT2D eigenvalue weighted by molar-refractivity contribution is 9.11. The van der Waals surface area contributed by atoms with Gasteiger partial charge in [-0.1, -0.05) is 6.92 Å². The average molecular weight is 325 g/mol. The van der Waals surface area contributed by atoms with Crippen molar-refractivity contribution in [3.05, 3.63) is 31.6 Å². The number of nitrogens with zero attached hydrogens (tertiary/aromatic N) is 1. The predicted molar refractivity (Wildman–Crippen MR) is 62.4 cm³/mol. The van der Waals surface area contributed by atoms with Gasteiger partial charge in [-0.2, -0.15) is 0 Å². The van der Waals surface area contributed by atoms with Gasteiger partial charge in [0.2, 0.25) is 0 Å². The summed E-state index contributed by atoms with van der Waals surface area (Å²) in [7, 11) is 0. The lowest BCUT2D eigenvalue weighted by Gasteiger charge is -2.11. The predicted octanol–water partition coefficient (Wildman–Crippen LogP) is 2.00. The lowest BCUT2D eigenvalue weighted by molar-refractivity contribution is 0.221. The van der Waals surface area contributed by atoms with Crippen molar-refractivity contribution in [3.63, 3.8) is 0 Å². The van der Waals surface area contributed by atoms with Crippen LogP contribution in [0.3, 0.4) is 0 Å². The molecule has 1 atom stereocenters. The van der Waals surface area contributed by atoms with Crippen LogP contribution in [0.2, 0.25) is 0 Å². The van der Waals surface area contributed by atoms with Gasteiger partial charge in [-0.15, -0.1) is 0 Å². The third kappa shape index (κ3) is 2.93. The zero-order chi connectivity index (χ0) is 10.7. The number of halogens is 2. The van der Waals surface area contributed by atoms with Gasteiger partial charge >= 0.3 is 0 Å². The van der Waals surface area contributed by atoms with Crippen LogP contribution in [-0.4, -0.2) is 16.3 Å². The fourth-order valence-electron chi connectivity index (χ4n) is 1.09. The van der Waals surface area contributed by atoms with Gasteiger partial charge in [0, 0.05) is 23.8 Å². The number of aliphatic hydroxyl groups is 1. The lowest BCUT2D eigenvalue weighted by Crippen LogP contribution is -2.24. The van der Waals surface area contributed by atoms with Gasteiger partial charge in [0.15, 0.2) is 0 Å². The zero-order valence-corrected chi connectivity index (χ0v) is 10.9. The van der Waals surface area contributed by atoms with Gasteiger partial charge in [0.05, 0.1) is 4.47 Å². The quantitative estimate of drug-likeness (QED) is 0.924. The largest absolute Gasteiger partial charge is 0.396 e. The highest BCUT2D eigenvalue weighted by Gasteiger charge is 2.06. The summed E-state index contributed by atoms with van der Waals surface area (Å²) in [5.41, 5.74) is -0.0755. The molecule has 0 spiro atoms. The Kier molecular flexibility index (Phi) is 4.34. The number of aromatic nitrogens is 1. The Bertz CT molecular complexity index is 376. The molecular weight excluding hydrogens is 314 g/mol. The van der Waals surface area contributed by atoms with Gasteiger partial charge < -0.3 is 9.67 Å². The molecule has 0 fully saturated rings. The number of aliphatic hydroxyl groups excluding tert-OH is 1. The summed E-state index contributed by atoms with van der Waals surface area (Å²) in [6.07, 6.45) is 1.72. The van der Waals surface area contributed by atoms with Crippen LogP contribution in [0.5, 0.6) is 0 Å². The van der Waals surface area contributed by atoms with Crippen LogP contribution < -0.4 is 5.56 Å². The van der Waals surface area contributed by atoms with E-state index in [-0.39, 0.29) is 18.1 Å². The van der Waals surface area contributed by atoms with Crippen LogP contribution in [0, 0.1) is 5.92 Å². The minimum atomic E-state index is -0.0755. The molecule has 5 heteroatoms. The SMILES string of the molecule is CC(CO)Cn1cc(Br)cc(Br)c1=O. The normalized spacial score (nSPS) is 12.9. The molecule has 1 rings (SSSR count).